The van der Waals surface area contributed by atoms with Gasteiger partial charge in [0.2, 0.25) is 0 Å². The Hall–Kier alpha value is -1.40. The van der Waals surface area contributed by atoms with Gasteiger partial charge in [-0.3, -0.25) is 4.98 Å². The van der Waals surface area contributed by atoms with Gasteiger partial charge >= 0.3 is 0 Å². The third kappa shape index (κ3) is 2.80. The van der Waals surface area contributed by atoms with Crippen LogP contribution in [0.2, 0.25) is 0 Å². The standard InChI is InChI=1S/C13H17N3/c14-6-1-9-16-10-4-13(5-11-16)12-2-7-15-8-3-12/h2-3,7-8,13H,1,4-5,9-11H2. The molecular formula is C13H17N3. The Kier molecular flexibility index (Phi) is 3.90. The van der Waals surface area contributed by atoms with Gasteiger partial charge in [-0.1, -0.05) is 0 Å². The molecule has 1 saturated heterocycles. The van der Waals surface area contributed by atoms with Crippen molar-refractivity contribution in [3.8, 4) is 6.07 Å². The van der Waals surface area contributed by atoms with Crippen LogP contribution in [0.4, 0.5) is 0 Å². The van der Waals surface area contributed by atoms with Crippen molar-refractivity contribution in [2.45, 2.75) is 25.2 Å². The molecule has 0 N–H and O–H groups in total. The highest BCUT2D eigenvalue weighted by molar-refractivity contribution is 5.16. The molecule has 0 saturated carbocycles. The predicted octanol–water partition coefficient (Wildman–Crippen LogP) is 2.17. The van der Waals surface area contributed by atoms with E-state index < -0.39 is 0 Å². The van der Waals surface area contributed by atoms with Gasteiger partial charge < -0.3 is 4.90 Å². The highest BCUT2D eigenvalue weighted by atomic mass is 15.1. The summed E-state index contributed by atoms with van der Waals surface area (Å²) in [5.41, 5.74) is 1.41. The van der Waals surface area contributed by atoms with Gasteiger partial charge in [0, 0.05) is 25.4 Å². The Labute approximate surface area is 96.7 Å². The largest absolute Gasteiger partial charge is 0.302 e. The normalized spacial score (nSPS) is 18.2. The number of nitriles is 1. The molecule has 2 rings (SSSR count). The zero-order chi connectivity index (χ0) is 11.2. The molecule has 0 radical (unpaired) electrons. The van der Waals surface area contributed by atoms with Crippen LogP contribution in [-0.4, -0.2) is 29.5 Å². The number of piperidine rings is 1. The van der Waals surface area contributed by atoms with Gasteiger partial charge in [0.05, 0.1) is 6.07 Å². The van der Waals surface area contributed by atoms with Crippen LogP contribution in [0.3, 0.4) is 0 Å². The summed E-state index contributed by atoms with van der Waals surface area (Å²) in [6.45, 7) is 3.17. The minimum atomic E-state index is 0.653. The molecule has 84 valence electrons. The highest BCUT2D eigenvalue weighted by Crippen LogP contribution is 2.27. The molecular weight excluding hydrogens is 198 g/mol. The van der Waals surface area contributed by atoms with E-state index >= 15 is 0 Å². The van der Waals surface area contributed by atoms with E-state index in [0.717, 1.165) is 19.6 Å². The van der Waals surface area contributed by atoms with Crippen molar-refractivity contribution in [3.05, 3.63) is 30.1 Å². The van der Waals surface area contributed by atoms with Crippen molar-refractivity contribution in [2.24, 2.45) is 0 Å². The summed E-state index contributed by atoms with van der Waals surface area (Å²) in [5, 5.41) is 8.54. The summed E-state index contributed by atoms with van der Waals surface area (Å²) in [4.78, 5) is 6.44. The summed E-state index contributed by atoms with van der Waals surface area (Å²) in [5.74, 6) is 0.682. The average Bonchev–Trinajstić information content (AvgIpc) is 2.38. The Bertz CT molecular complexity index is 347. The van der Waals surface area contributed by atoms with E-state index in [1.54, 1.807) is 0 Å². The van der Waals surface area contributed by atoms with Crippen LogP contribution in [0.15, 0.2) is 24.5 Å². The van der Waals surface area contributed by atoms with Crippen molar-refractivity contribution in [2.75, 3.05) is 19.6 Å². The van der Waals surface area contributed by atoms with E-state index in [-0.39, 0.29) is 0 Å². The van der Waals surface area contributed by atoms with Gasteiger partial charge in [-0.15, -0.1) is 0 Å². The molecule has 1 fully saturated rings. The number of aromatic nitrogens is 1. The SMILES string of the molecule is N#CCCN1CCC(c2ccncc2)CC1. The number of hydrogen-bond acceptors (Lipinski definition) is 3. The number of hydrogen-bond donors (Lipinski definition) is 0. The summed E-state index contributed by atoms with van der Waals surface area (Å²) in [6, 6.07) is 6.45. The summed E-state index contributed by atoms with van der Waals surface area (Å²) >= 11 is 0. The van der Waals surface area contributed by atoms with Crippen molar-refractivity contribution in [3.63, 3.8) is 0 Å². The minimum absolute atomic E-state index is 0.653. The third-order valence-electron chi connectivity index (χ3n) is 3.30. The van der Waals surface area contributed by atoms with E-state index in [1.807, 2.05) is 12.4 Å². The lowest BCUT2D eigenvalue weighted by atomic mass is 9.90. The second kappa shape index (κ2) is 5.62. The number of likely N-dealkylation sites (tertiary alicyclic amines) is 1. The van der Waals surface area contributed by atoms with Crippen LogP contribution in [0, 0.1) is 11.3 Å². The fourth-order valence-corrected chi connectivity index (χ4v) is 2.33. The molecule has 3 heteroatoms. The maximum absolute atomic E-state index is 8.54. The van der Waals surface area contributed by atoms with Crippen LogP contribution in [0.25, 0.3) is 0 Å². The smallest absolute Gasteiger partial charge is 0.0635 e. The second-order valence-corrected chi connectivity index (χ2v) is 4.30. The molecule has 2 heterocycles. The first-order valence-electron chi connectivity index (χ1n) is 5.89. The Morgan fingerprint density at radius 2 is 2.00 bits per heavy atom. The maximum atomic E-state index is 8.54. The minimum Gasteiger partial charge on any atom is -0.302 e. The first-order valence-corrected chi connectivity index (χ1v) is 5.89. The van der Waals surface area contributed by atoms with Gasteiger partial charge in [-0.05, 0) is 49.5 Å². The van der Waals surface area contributed by atoms with Crippen molar-refractivity contribution >= 4 is 0 Å². The molecule has 0 bridgehead atoms. The lowest BCUT2D eigenvalue weighted by molar-refractivity contribution is 0.216. The number of pyridine rings is 1. The van der Waals surface area contributed by atoms with E-state index in [9.17, 15) is 0 Å². The van der Waals surface area contributed by atoms with Gasteiger partial charge in [-0.2, -0.15) is 5.26 Å². The number of nitrogens with zero attached hydrogens (tertiary/aromatic N) is 3. The lowest BCUT2D eigenvalue weighted by Gasteiger charge is -2.31. The molecule has 0 atom stereocenters. The summed E-state index contributed by atoms with van der Waals surface area (Å²) in [7, 11) is 0. The Morgan fingerprint density at radius 3 is 2.62 bits per heavy atom. The molecule has 1 aliphatic heterocycles. The molecule has 0 unspecified atom stereocenters. The zero-order valence-electron chi connectivity index (χ0n) is 9.47. The fraction of sp³-hybridized carbons (Fsp3) is 0.538. The van der Waals surface area contributed by atoms with E-state index in [1.165, 1.54) is 18.4 Å². The topological polar surface area (TPSA) is 39.9 Å². The molecule has 1 aromatic heterocycles. The highest BCUT2D eigenvalue weighted by Gasteiger charge is 2.19. The molecule has 0 aromatic carbocycles. The van der Waals surface area contributed by atoms with Crippen molar-refractivity contribution < 1.29 is 0 Å². The molecule has 0 spiro atoms. The zero-order valence-corrected chi connectivity index (χ0v) is 9.47. The van der Waals surface area contributed by atoms with Crippen LogP contribution in [0.5, 0.6) is 0 Å². The van der Waals surface area contributed by atoms with Gasteiger partial charge in [0.1, 0.15) is 0 Å². The Balaban J connectivity index is 1.84. The fourth-order valence-electron chi connectivity index (χ4n) is 2.33. The van der Waals surface area contributed by atoms with Crippen molar-refractivity contribution in [1.29, 1.82) is 5.26 Å². The monoisotopic (exact) mass is 215 g/mol. The summed E-state index contributed by atoms with van der Waals surface area (Å²) < 4.78 is 0. The van der Waals surface area contributed by atoms with Gasteiger partial charge in [0.25, 0.3) is 0 Å². The predicted molar refractivity (Wildman–Crippen MR) is 62.9 cm³/mol. The van der Waals surface area contributed by atoms with Crippen LogP contribution in [-0.2, 0) is 0 Å². The van der Waals surface area contributed by atoms with E-state index in [2.05, 4.69) is 28.1 Å². The molecule has 0 aliphatic carbocycles. The molecule has 16 heavy (non-hydrogen) atoms. The lowest BCUT2D eigenvalue weighted by Crippen LogP contribution is -2.33. The second-order valence-electron chi connectivity index (χ2n) is 4.30. The molecule has 1 aliphatic rings. The molecule has 3 nitrogen and oxygen atoms in total. The van der Waals surface area contributed by atoms with E-state index in [4.69, 9.17) is 5.26 Å². The number of rotatable bonds is 3. The van der Waals surface area contributed by atoms with Crippen LogP contribution >= 0.6 is 0 Å². The van der Waals surface area contributed by atoms with Gasteiger partial charge in [0.15, 0.2) is 0 Å². The molecule has 0 amide bonds. The maximum Gasteiger partial charge on any atom is 0.0635 e. The van der Waals surface area contributed by atoms with Crippen LogP contribution < -0.4 is 0 Å². The molecule has 1 aromatic rings. The Morgan fingerprint density at radius 1 is 1.31 bits per heavy atom. The third-order valence-corrected chi connectivity index (χ3v) is 3.30. The first-order chi connectivity index (χ1) is 7.90. The van der Waals surface area contributed by atoms with E-state index in [0.29, 0.717) is 12.3 Å². The van der Waals surface area contributed by atoms with Gasteiger partial charge in [-0.25, -0.2) is 0 Å². The van der Waals surface area contributed by atoms with Crippen LogP contribution in [0.1, 0.15) is 30.7 Å². The summed E-state index contributed by atoms with van der Waals surface area (Å²) in [6.07, 6.45) is 6.81. The average molecular weight is 215 g/mol. The quantitative estimate of drug-likeness (QED) is 0.775. The first kappa shape index (κ1) is 11.1. The van der Waals surface area contributed by atoms with Crippen molar-refractivity contribution in [1.82, 2.24) is 9.88 Å².